The molecule has 2 rings (SSSR count). The van der Waals surface area contributed by atoms with Gasteiger partial charge in [-0.15, -0.1) is 0 Å². The topological polar surface area (TPSA) is 73.5 Å². The summed E-state index contributed by atoms with van der Waals surface area (Å²) < 4.78 is 0. The number of hydrogen-bond acceptors (Lipinski definition) is 4. The fourth-order valence-electron chi connectivity index (χ4n) is 2.15. The highest BCUT2D eigenvalue weighted by molar-refractivity contribution is 6.01. The Morgan fingerprint density at radius 2 is 2.10 bits per heavy atom. The quantitative estimate of drug-likeness (QED) is 0.757. The molecule has 1 aliphatic heterocycles. The molecule has 0 unspecified atom stereocenters. The molecule has 1 fully saturated rings. The van der Waals surface area contributed by atoms with Crippen LogP contribution in [-0.2, 0) is 4.79 Å². The first kappa shape index (κ1) is 14.5. The molecular formula is C14H20N4O2. The van der Waals surface area contributed by atoms with Crippen molar-refractivity contribution in [3.8, 4) is 0 Å². The number of imide groups is 1. The molecule has 1 aliphatic rings. The Hall–Kier alpha value is -1.92. The number of rotatable bonds is 3. The molecule has 20 heavy (non-hydrogen) atoms. The highest BCUT2D eigenvalue weighted by Crippen LogP contribution is 2.04. The van der Waals surface area contributed by atoms with Crippen LogP contribution in [0.1, 0.15) is 6.92 Å². The van der Waals surface area contributed by atoms with Crippen molar-refractivity contribution >= 4 is 17.6 Å². The van der Waals surface area contributed by atoms with Gasteiger partial charge in [0.15, 0.2) is 0 Å². The van der Waals surface area contributed by atoms with Gasteiger partial charge in [-0.2, -0.15) is 0 Å². The van der Waals surface area contributed by atoms with E-state index in [0.717, 1.165) is 19.6 Å². The minimum absolute atomic E-state index is 0.241. The van der Waals surface area contributed by atoms with Crippen molar-refractivity contribution in [3.63, 3.8) is 0 Å². The van der Waals surface area contributed by atoms with Gasteiger partial charge in [0.1, 0.15) is 0 Å². The van der Waals surface area contributed by atoms with Crippen molar-refractivity contribution in [1.29, 1.82) is 0 Å². The average molecular weight is 276 g/mol. The van der Waals surface area contributed by atoms with Gasteiger partial charge in [0.05, 0.1) is 6.54 Å². The molecule has 1 atom stereocenters. The molecule has 3 amide bonds. The first-order valence-corrected chi connectivity index (χ1v) is 6.76. The summed E-state index contributed by atoms with van der Waals surface area (Å²) in [6, 6.07) is 8.83. The van der Waals surface area contributed by atoms with Crippen molar-refractivity contribution in [1.82, 2.24) is 15.5 Å². The van der Waals surface area contributed by atoms with Crippen LogP contribution in [0.4, 0.5) is 10.5 Å². The maximum absolute atomic E-state index is 11.8. The molecule has 0 radical (unpaired) electrons. The molecule has 0 aliphatic carbocycles. The Kier molecular flexibility index (Phi) is 5.09. The van der Waals surface area contributed by atoms with Gasteiger partial charge >= 0.3 is 6.03 Å². The standard InChI is InChI=1S/C14H20N4O2/c1-11-9-15-7-8-18(11)10-13(19)17-14(20)16-12-5-3-2-4-6-12/h2-6,11,15H,7-10H2,1H3,(H2,16,17,19,20)/t11-/m0/s1. The zero-order chi connectivity index (χ0) is 14.4. The van der Waals surface area contributed by atoms with Crippen molar-refractivity contribution in [2.45, 2.75) is 13.0 Å². The summed E-state index contributed by atoms with van der Waals surface area (Å²) in [6.45, 7) is 4.85. The first-order valence-electron chi connectivity index (χ1n) is 6.76. The molecule has 1 heterocycles. The van der Waals surface area contributed by atoms with Crippen LogP contribution in [0, 0.1) is 0 Å². The number of urea groups is 1. The number of benzene rings is 1. The average Bonchev–Trinajstić information content (AvgIpc) is 2.42. The Labute approximate surface area is 118 Å². The van der Waals surface area contributed by atoms with E-state index in [2.05, 4.69) is 27.8 Å². The van der Waals surface area contributed by atoms with Gasteiger partial charge in [-0.3, -0.25) is 15.0 Å². The second-order valence-electron chi connectivity index (χ2n) is 4.89. The molecule has 3 N–H and O–H groups in total. The molecule has 1 aromatic rings. The molecule has 6 nitrogen and oxygen atoms in total. The summed E-state index contributed by atoms with van der Waals surface area (Å²) in [6.07, 6.45) is 0. The number of amides is 3. The van der Waals surface area contributed by atoms with Crippen molar-refractivity contribution in [3.05, 3.63) is 30.3 Å². The SMILES string of the molecule is C[C@H]1CNCCN1CC(=O)NC(=O)Nc1ccccc1. The van der Waals surface area contributed by atoms with Crippen LogP contribution in [0.15, 0.2) is 30.3 Å². The molecule has 108 valence electrons. The van der Waals surface area contributed by atoms with E-state index >= 15 is 0 Å². The Morgan fingerprint density at radius 1 is 1.35 bits per heavy atom. The summed E-state index contributed by atoms with van der Waals surface area (Å²) in [4.78, 5) is 25.6. The fraction of sp³-hybridized carbons (Fsp3) is 0.429. The van der Waals surface area contributed by atoms with E-state index in [0.29, 0.717) is 11.7 Å². The minimum Gasteiger partial charge on any atom is -0.314 e. The number of piperazine rings is 1. The third-order valence-electron chi connectivity index (χ3n) is 3.27. The first-order chi connectivity index (χ1) is 9.65. The Morgan fingerprint density at radius 3 is 2.80 bits per heavy atom. The van der Waals surface area contributed by atoms with Crippen LogP contribution >= 0.6 is 0 Å². The van der Waals surface area contributed by atoms with Crippen LogP contribution in [-0.4, -0.2) is 49.1 Å². The zero-order valence-electron chi connectivity index (χ0n) is 11.6. The lowest BCUT2D eigenvalue weighted by Gasteiger charge is -2.33. The molecule has 0 spiro atoms. The van der Waals surface area contributed by atoms with Crippen LogP contribution in [0.2, 0.25) is 0 Å². The monoisotopic (exact) mass is 276 g/mol. The Bertz CT molecular complexity index is 464. The number of hydrogen-bond donors (Lipinski definition) is 3. The van der Waals surface area contributed by atoms with Crippen LogP contribution in [0.25, 0.3) is 0 Å². The minimum atomic E-state index is -0.496. The molecule has 0 saturated carbocycles. The van der Waals surface area contributed by atoms with Gasteiger partial charge in [-0.1, -0.05) is 18.2 Å². The number of nitrogens with one attached hydrogen (secondary N) is 3. The number of nitrogens with zero attached hydrogens (tertiary/aromatic N) is 1. The molecule has 0 aromatic heterocycles. The third-order valence-corrected chi connectivity index (χ3v) is 3.27. The lowest BCUT2D eigenvalue weighted by molar-refractivity contribution is -0.121. The fourth-order valence-corrected chi connectivity index (χ4v) is 2.15. The van der Waals surface area contributed by atoms with Crippen molar-refractivity contribution in [2.24, 2.45) is 0 Å². The van der Waals surface area contributed by atoms with Gasteiger partial charge < -0.3 is 10.6 Å². The summed E-state index contributed by atoms with van der Waals surface area (Å²) in [5.74, 6) is -0.285. The molecule has 1 saturated heterocycles. The summed E-state index contributed by atoms with van der Waals surface area (Å²) in [7, 11) is 0. The van der Waals surface area contributed by atoms with Crippen molar-refractivity contribution in [2.75, 3.05) is 31.5 Å². The Balaban J connectivity index is 1.77. The van der Waals surface area contributed by atoms with E-state index in [9.17, 15) is 9.59 Å². The van der Waals surface area contributed by atoms with Gasteiger partial charge in [-0.25, -0.2) is 4.79 Å². The van der Waals surface area contributed by atoms with E-state index < -0.39 is 6.03 Å². The summed E-state index contributed by atoms with van der Waals surface area (Å²) in [5, 5.41) is 8.22. The van der Waals surface area contributed by atoms with Crippen LogP contribution < -0.4 is 16.0 Å². The van der Waals surface area contributed by atoms with Gasteiger partial charge in [0.25, 0.3) is 0 Å². The second kappa shape index (κ2) is 7.02. The van der Waals surface area contributed by atoms with E-state index in [1.165, 1.54) is 0 Å². The van der Waals surface area contributed by atoms with Crippen LogP contribution in [0.5, 0.6) is 0 Å². The predicted octanol–water partition coefficient (Wildman–Crippen LogP) is 0.628. The number of anilines is 1. The highest BCUT2D eigenvalue weighted by atomic mass is 16.2. The second-order valence-corrected chi connectivity index (χ2v) is 4.89. The maximum atomic E-state index is 11.8. The maximum Gasteiger partial charge on any atom is 0.325 e. The normalized spacial score (nSPS) is 19.4. The van der Waals surface area contributed by atoms with E-state index in [1.807, 2.05) is 18.2 Å². The predicted molar refractivity (Wildman–Crippen MR) is 77.5 cm³/mol. The van der Waals surface area contributed by atoms with Gasteiger partial charge in [0.2, 0.25) is 5.91 Å². The molecular weight excluding hydrogens is 256 g/mol. The summed E-state index contributed by atoms with van der Waals surface area (Å²) >= 11 is 0. The third kappa shape index (κ3) is 4.32. The largest absolute Gasteiger partial charge is 0.325 e. The van der Waals surface area contributed by atoms with Crippen molar-refractivity contribution < 1.29 is 9.59 Å². The van der Waals surface area contributed by atoms with Crippen LogP contribution in [0.3, 0.4) is 0 Å². The lowest BCUT2D eigenvalue weighted by Crippen LogP contribution is -2.53. The van der Waals surface area contributed by atoms with E-state index in [4.69, 9.17) is 0 Å². The number of carbonyl (C=O) groups is 2. The molecule has 1 aromatic carbocycles. The zero-order valence-corrected chi connectivity index (χ0v) is 11.6. The highest BCUT2D eigenvalue weighted by Gasteiger charge is 2.20. The van der Waals surface area contributed by atoms with Gasteiger partial charge in [-0.05, 0) is 19.1 Å². The molecule has 6 heteroatoms. The lowest BCUT2D eigenvalue weighted by atomic mass is 10.2. The summed E-state index contributed by atoms with van der Waals surface area (Å²) in [5.41, 5.74) is 0.661. The van der Waals surface area contributed by atoms with Gasteiger partial charge in [0, 0.05) is 31.4 Å². The van der Waals surface area contributed by atoms with E-state index in [1.54, 1.807) is 12.1 Å². The molecule has 0 bridgehead atoms. The smallest absolute Gasteiger partial charge is 0.314 e. The number of para-hydroxylation sites is 1. The van der Waals surface area contributed by atoms with E-state index in [-0.39, 0.29) is 12.5 Å². The number of carbonyl (C=O) groups excluding carboxylic acids is 2.